The van der Waals surface area contributed by atoms with E-state index in [9.17, 15) is 39.0 Å². The van der Waals surface area contributed by atoms with Gasteiger partial charge < -0.3 is 38.6 Å². The Balaban J connectivity index is 2.30. The smallest absolute Gasteiger partial charge is 0.312 e. The minimum absolute atomic E-state index is 0.174. The first-order chi connectivity index (χ1) is 23.3. The molecule has 0 radical (unpaired) electrons. The molecule has 280 valence electrons. The molecule has 1 heterocycles. The maximum atomic E-state index is 13.2. The van der Waals surface area contributed by atoms with Crippen LogP contribution in [0.1, 0.15) is 100 Å². The lowest BCUT2D eigenvalue weighted by Crippen LogP contribution is -2.74. The quantitative estimate of drug-likeness (QED) is 0.170. The first kappa shape index (κ1) is 40.6. The number of esters is 6. The lowest BCUT2D eigenvalue weighted by molar-refractivity contribution is -0.286. The predicted octanol–water partition coefficient (Wildman–Crippen LogP) is 3.18. The molecular formula is C36H52O14. The number of hydrogen-bond donors (Lipinski definition) is 2. The van der Waals surface area contributed by atoms with Crippen LogP contribution in [0.2, 0.25) is 0 Å². The molecule has 0 amide bonds. The molecule has 3 aliphatic rings. The molecule has 0 unspecified atom stereocenters. The monoisotopic (exact) mass is 708 g/mol. The molecule has 0 aromatic carbocycles. The summed E-state index contributed by atoms with van der Waals surface area (Å²) in [5.41, 5.74) is -6.12. The number of carbonyl (C=O) groups excluding carboxylic acids is 6. The van der Waals surface area contributed by atoms with E-state index in [-0.39, 0.29) is 25.0 Å². The van der Waals surface area contributed by atoms with Gasteiger partial charge in [-0.05, 0) is 38.0 Å². The van der Waals surface area contributed by atoms with Gasteiger partial charge in [-0.2, -0.15) is 0 Å². The van der Waals surface area contributed by atoms with Gasteiger partial charge in [-0.3, -0.25) is 28.8 Å². The number of unbranched alkanes of at least 4 members (excludes halogenated alkanes) is 4. The van der Waals surface area contributed by atoms with Gasteiger partial charge in [0, 0.05) is 46.5 Å². The zero-order valence-electron chi connectivity index (χ0n) is 30.2. The van der Waals surface area contributed by atoms with Crippen molar-refractivity contribution in [2.45, 2.75) is 142 Å². The summed E-state index contributed by atoms with van der Waals surface area (Å²) in [6.07, 6.45) is 1.32. The molecule has 0 bridgehead atoms. The molecule has 0 aromatic heterocycles. The van der Waals surface area contributed by atoms with Crippen LogP contribution in [-0.2, 0) is 57.2 Å². The van der Waals surface area contributed by atoms with Gasteiger partial charge in [-0.25, -0.2) is 0 Å². The first-order valence-corrected chi connectivity index (χ1v) is 17.2. The fourth-order valence-electron chi connectivity index (χ4n) is 7.61. The van der Waals surface area contributed by atoms with E-state index < -0.39 is 94.8 Å². The second-order valence-corrected chi connectivity index (χ2v) is 14.0. The van der Waals surface area contributed by atoms with Crippen LogP contribution in [0.4, 0.5) is 0 Å². The Morgan fingerprint density at radius 2 is 1.44 bits per heavy atom. The van der Waals surface area contributed by atoms with Gasteiger partial charge in [-0.15, -0.1) is 0 Å². The summed E-state index contributed by atoms with van der Waals surface area (Å²) in [7, 11) is 0. The Kier molecular flexibility index (Phi) is 13.4. The number of aliphatic hydroxyl groups is 2. The normalized spacial score (nSPS) is 36.6. The van der Waals surface area contributed by atoms with Crippen LogP contribution in [0.5, 0.6) is 0 Å². The summed E-state index contributed by atoms with van der Waals surface area (Å²) in [6.45, 7) is 10.4. The third kappa shape index (κ3) is 8.74. The predicted molar refractivity (Wildman–Crippen MR) is 175 cm³/mol. The van der Waals surface area contributed by atoms with Crippen molar-refractivity contribution in [1.82, 2.24) is 0 Å². The highest BCUT2D eigenvalue weighted by molar-refractivity contribution is 5.78. The van der Waals surface area contributed by atoms with Crippen LogP contribution in [-0.4, -0.2) is 94.4 Å². The zero-order chi connectivity index (χ0) is 37.6. The van der Waals surface area contributed by atoms with Crippen molar-refractivity contribution in [1.29, 1.82) is 0 Å². The van der Waals surface area contributed by atoms with Crippen LogP contribution in [0.3, 0.4) is 0 Å². The molecule has 3 rings (SSSR count). The molecule has 2 fully saturated rings. The summed E-state index contributed by atoms with van der Waals surface area (Å²) >= 11 is 0. The molecule has 14 nitrogen and oxygen atoms in total. The molecule has 14 heteroatoms. The van der Waals surface area contributed by atoms with Crippen LogP contribution in [0.25, 0.3) is 0 Å². The van der Waals surface area contributed by atoms with Gasteiger partial charge in [0.2, 0.25) is 0 Å². The molecule has 1 saturated heterocycles. The summed E-state index contributed by atoms with van der Waals surface area (Å²) in [5.74, 6) is -7.52. The number of carbonyl (C=O) groups is 6. The minimum atomic E-state index is -2.42. The Morgan fingerprint density at radius 1 is 0.860 bits per heavy atom. The molecule has 2 N–H and O–H groups in total. The van der Waals surface area contributed by atoms with E-state index in [1.54, 1.807) is 0 Å². The number of fused-ring (bicyclic) bond motifs is 2. The van der Waals surface area contributed by atoms with E-state index in [2.05, 4.69) is 6.92 Å². The SMILES string of the molecule is CCCCCCCC(=O)OCC1=C/[C@@H]2OC(=O)[C@H](C)[C@@]2(O)[C@H](OC(C)=O)[C@H]2[C@](C)(O)[C@H](OC(C)=O)C[C@H](OC(C)=O)[C@]2(C)[C@H](OC(C)=O)/C=C\1. The second kappa shape index (κ2) is 16.5. The average Bonchev–Trinajstić information content (AvgIpc) is 3.22. The van der Waals surface area contributed by atoms with E-state index >= 15 is 0 Å². The van der Waals surface area contributed by atoms with Crippen LogP contribution >= 0.6 is 0 Å². The van der Waals surface area contributed by atoms with Crippen LogP contribution in [0, 0.1) is 17.3 Å². The third-order valence-corrected chi connectivity index (χ3v) is 10.1. The second-order valence-electron chi connectivity index (χ2n) is 14.0. The fourth-order valence-corrected chi connectivity index (χ4v) is 7.61. The Hall–Kier alpha value is -3.78. The highest BCUT2D eigenvalue weighted by atomic mass is 16.6. The van der Waals surface area contributed by atoms with Gasteiger partial charge in [0.1, 0.15) is 36.6 Å². The Bertz CT molecular complexity index is 1370. The van der Waals surface area contributed by atoms with Crippen molar-refractivity contribution >= 4 is 35.8 Å². The summed E-state index contributed by atoms with van der Waals surface area (Å²) < 4.78 is 34.2. The standard InChI is InChI=1S/C36H52O14/c1-9-10-11-12-13-14-30(41)45-19-25-15-16-26(46-21(3)37)34(7)27(47-22(4)38)18-28(48-23(5)39)35(8,43)31(34)32(49-24(6)40)36(44)20(2)33(42)50-29(36)17-25/h15-17,20,26-29,31-32,43-44H,9-14,18-19H2,1-8H3/b16-15-,25-17+/t20-,26+,27-,28+,29-,31+,32+,34-,35+,36-/m0/s1. The van der Waals surface area contributed by atoms with Crippen molar-refractivity contribution in [2.24, 2.45) is 17.3 Å². The third-order valence-electron chi connectivity index (χ3n) is 10.1. The van der Waals surface area contributed by atoms with Crippen LogP contribution in [0.15, 0.2) is 23.8 Å². The molecule has 1 aliphatic heterocycles. The van der Waals surface area contributed by atoms with E-state index in [1.165, 1.54) is 39.0 Å². The highest BCUT2D eigenvalue weighted by Gasteiger charge is 2.72. The maximum absolute atomic E-state index is 13.2. The number of hydrogen-bond acceptors (Lipinski definition) is 14. The Labute approximate surface area is 292 Å². The van der Waals surface area contributed by atoms with E-state index in [0.717, 1.165) is 53.4 Å². The molecule has 2 aliphatic carbocycles. The van der Waals surface area contributed by atoms with E-state index in [4.69, 9.17) is 28.4 Å². The lowest BCUT2D eigenvalue weighted by Gasteiger charge is -2.60. The number of ether oxygens (including phenoxy) is 6. The maximum Gasteiger partial charge on any atom is 0.312 e. The van der Waals surface area contributed by atoms with Crippen molar-refractivity contribution < 1.29 is 67.4 Å². The molecule has 50 heavy (non-hydrogen) atoms. The molecular weight excluding hydrogens is 656 g/mol. The topological polar surface area (TPSA) is 198 Å². The molecule has 10 atom stereocenters. The zero-order valence-corrected chi connectivity index (χ0v) is 30.2. The van der Waals surface area contributed by atoms with Crippen LogP contribution < -0.4 is 0 Å². The summed E-state index contributed by atoms with van der Waals surface area (Å²) in [6, 6.07) is 0. The summed E-state index contributed by atoms with van der Waals surface area (Å²) in [5, 5.41) is 25.1. The van der Waals surface area contributed by atoms with Crippen molar-refractivity contribution in [3.63, 3.8) is 0 Å². The van der Waals surface area contributed by atoms with Gasteiger partial charge in [-0.1, -0.05) is 45.6 Å². The van der Waals surface area contributed by atoms with Gasteiger partial charge in [0.25, 0.3) is 0 Å². The first-order valence-electron chi connectivity index (χ1n) is 17.2. The average molecular weight is 709 g/mol. The van der Waals surface area contributed by atoms with Gasteiger partial charge >= 0.3 is 35.8 Å². The highest BCUT2D eigenvalue weighted by Crippen LogP contribution is 2.58. The van der Waals surface area contributed by atoms with Gasteiger partial charge in [0.15, 0.2) is 11.7 Å². The van der Waals surface area contributed by atoms with Crippen molar-refractivity contribution in [3.8, 4) is 0 Å². The molecule has 1 saturated carbocycles. The minimum Gasteiger partial charge on any atom is -0.462 e. The largest absolute Gasteiger partial charge is 0.462 e. The number of rotatable bonds is 12. The lowest BCUT2D eigenvalue weighted by atomic mass is 9.51. The molecule has 0 spiro atoms. The van der Waals surface area contributed by atoms with E-state index in [1.807, 2.05) is 0 Å². The molecule has 0 aromatic rings. The fraction of sp³-hybridized carbons (Fsp3) is 0.722. The van der Waals surface area contributed by atoms with Crippen molar-refractivity contribution in [3.05, 3.63) is 23.8 Å². The summed E-state index contributed by atoms with van der Waals surface area (Å²) in [4.78, 5) is 76.3. The van der Waals surface area contributed by atoms with E-state index in [0.29, 0.717) is 6.42 Å². The Morgan fingerprint density at radius 3 is 2.02 bits per heavy atom. The van der Waals surface area contributed by atoms with Crippen molar-refractivity contribution in [2.75, 3.05) is 6.61 Å². The van der Waals surface area contributed by atoms with Gasteiger partial charge in [0.05, 0.1) is 11.3 Å².